The third-order valence-electron chi connectivity index (χ3n) is 5.36. The van der Waals surface area contributed by atoms with E-state index in [2.05, 4.69) is 20.8 Å². The summed E-state index contributed by atoms with van der Waals surface area (Å²) in [6, 6.07) is 14.7. The highest BCUT2D eigenvalue weighted by Crippen LogP contribution is 2.27. The molecule has 31 heavy (non-hydrogen) atoms. The van der Waals surface area contributed by atoms with Crippen molar-refractivity contribution in [2.45, 2.75) is 32.7 Å². The van der Waals surface area contributed by atoms with Crippen LogP contribution in [0, 0.1) is 0 Å². The first-order chi connectivity index (χ1) is 14.9. The van der Waals surface area contributed by atoms with Crippen molar-refractivity contribution in [2.24, 2.45) is 0 Å². The number of amides is 1. The quantitative estimate of drug-likeness (QED) is 0.475. The highest BCUT2D eigenvalue weighted by molar-refractivity contribution is 9.10. The summed E-state index contributed by atoms with van der Waals surface area (Å²) in [7, 11) is 3.98. The topological polar surface area (TPSA) is 58.4 Å². The Morgan fingerprint density at radius 1 is 1.06 bits per heavy atom. The van der Waals surface area contributed by atoms with Crippen LogP contribution in [0.2, 0.25) is 0 Å². The van der Waals surface area contributed by atoms with Gasteiger partial charge in [0.15, 0.2) is 0 Å². The van der Waals surface area contributed by atoms with Gasteiger partial charge >= 0.3 is 0 Å². The summed E-state index contributed by atoms with van der Waals surface area (Å²) in [5, 5.41) is 0.561. The van der Waals surface area contributed by atoms with Gasteiger partial charge in [-0.05, 0) is 56.9 Å². The Balaban J connectivity index is 2.26. The molecule has 0 aliphatic rings. The lowest BCUT2D eigenvalue weighted by Crippen LogP contribution is -2.41. The molecule has 0 aliphatic carbocycles. The second-order valence-electron chi connectivity index (χ2n) is 7.77. The Kier molecular flexibility index (Phi) is 7.62. The van der Waals surface area contributed by atoms with Crippen LogP contribution in [0.3, 0.4) is 0 Å². The molecule has 1 atom stereocenters. The van der Waals surface area contributed by atoms with Crippen molar-refractivity contribution >= 4 is 32.7 Å². The van der Waals surface area contributed by atoms with Crippen molar-refractivity contribution in [3.05, 3.63) is 69.2 Å². The number of likely N-dealkylation sites (N-methyl/N-ethyl adjacent to an activating group) is 1. The molecule has 0 saturated carbocycles. The molecular formula is C24H29BrN4O2. The van der Waals surface area contributed by atoms with Crippen LogP contribution < -0.4 is 5.56 Å². The van der Waals surface area contributed by atoms with Crippen LogP contribution in [-0.4, -0.2) is 52.4 Å². The van der Waals surface area contributed by atoms with Gasteiger partial charge in [0.25, 0.3) is 5.56 Å². The first kappa shape index (κ1) is 23.2. The maximum atomic E-state index is 13.6. The van der Waals surface area contributed by atoms with Crippen LogP contribution in [0.5, 0.6) is 0 Å². The Morgan fingerprint density at radius 2 is 1.74 bits per heavy atom. The van der Waals surface area contributed by atoms with E-state index in [0.29, 0.717) is 36.1 Å². The minimum Gasteiger partial charge on any atom is -0.331 e. The number of aromatic nitrogens is 2. The minimum atomic E-state index is -0.312. The van der Waals surface area contributed by atoms with Gasteiger partial charge in [-0.1, -0.05) is 41.9 Å². The zero-order chi connectivity index (χ0) is 22.5. The molecule has 0 radical (unpaired) electrons. The zero-order valence-corrected chi connectivity index (χ0v) is 20.1. The maximum Gasteiger partial charge on any atom is 0.266 e. The molecule has 0 saturated heterocycles. The Hall–Kier alpha value is -2.51. The van der Waals surface area contributed by atoms with Crippen LogP contribution in [0.15, 0.2) is 57.8 Å². The van der Waals surface area contributed by atoms with E-state index in [1.54, 1.807) is 10.6 Å². The smallest absolute Gasteiger partial charge is 0.266 e. The van der Waals surface area contributed by atoms with Crippen molar-refractivity contribution in [1.82, 2.24) is 19.4 Å². The van der Waals surface area contributed by atoms with Gasteiger partial charge in [-0.3, -0.25) is 14.2 Å². The second kappa shape index (κ2) is 10.2. The normalized spacial score (nSPS) is 12.3. The molecule has 6 nitrogen and oxygen atoms in total. The number of hydrogen-bond acceptors (Lipinski definition) is 4. The number of carbonyl (C=O) groups excluding carboxylic acids is 1. The lowest BCUT2D eigenvalue weighted by molar-refractivity contribution is -0.133. The predicted molar refractivity (Wildman–Crippen MR) is 129 cm³/mol. The summed E-state index contributed by atoms with van der Waals surface area (Å²) in [4.78, 5) is 35.3. The van der Waals surface area contributed by atoms with Gasteiger partial charge in [0.2, 0.25) is 5.91 Å². The molecule has 0 spiro atoms. The third kappa shape index (κ3) is 5.05. The second-order valence-corrected chi connectivity index (χ2v) is 8.69. The summed E-state index contributed by atoms with van der Waals surface area (Å²) >= 11 is 3.46. The van der Waals surface area contributed by atoms with E-state index in [0.717, 1.165) is 16.7 Å². The first-order valence-electron chi connectivity index (χ1n) is 10.6. The van der Waals surface area contributed by atoms with Crippen LogP contribution >= 0.6 is 15.9 Å². The largest absolute Gasteiger partial charge is 0.331 e. The van der Waals surface area contributed by atoms with Crippen LogP contribution in [-0.2, 0) is 4.79 Å². The monoisotopic (exact) mass is 484 g/mol. The molecule has 2 aromatic carbocycles. The van der Waals surface area contributed by atoms with Gasteiger partial charge in [0.1, 0.15) is 5.82 Å². The summed E-state index contributed by atoms with van der Waals surface area (Å²) in [5.41, 5.74) is 1.25. The lowest BCUT2D eigenvalue weighted by Gasteiger charge is -2.33. The van der Waals surface area contributed by atoms with E-state index >= 15 is 0 Å². The molecule has 7 heteroatoms. The summed E-state index contributed by atoms with van der Waals surface area (Å²) in [6.45, 7) is 5.20. The number of hydrogen-bond donors (Lipinski definition) is 0. The molecule has 164 valence electrons. The number of rotatable bonds is 8. The van der Waals surface area contributed by atoms with Gasteiger partial charge in [-0.15, -0.1) is 0 Å². The van der Waals surface area contributed by atoms with Crippen molar-refractivity contribution in [3.8, 4) is 5.69 Å². The van der Waals surface area contributed by atoms with Gasteiger partial charge < -0.3 is 9.80 Å². The van der Waals surface area contributed by atoms with E-state index in [1.807, 2.05) is 75.3 Å². The Bertz CT molecular complexity index is 1110. The molecule has 0 bridgehead atoms. The predicted octanol–water partition coefficient (Wildman–Crippen LogP) is 4.40. The molecule has 0 aliphatic heterocycles. The number of benzene rings is 2. The molecular weight excluding hydrogens is 456 g/mol. The Labute approximate surface area is 191 Å². The highest BCUT2D eigenvalue weighted by atomic mass is 79.9. The van der Waals surface area contributed by atoms with E-state index in [-0.39, 0.29) is 17.5 Å². The molecule has 1 heterocycles. The molecule has 1 amide bonds. The van der Waals surface area contributed by atoms with Crippen molar-refractivity contribution in [1.29, 1.82) is 0 Å². The number of carbonyl (C=O) groups is 1. The molecule has 3 rings (SSSR count). The maximum absolute atomic E-state index is 13.6. The van der Waals surface area contributed by atoms with Crippen LogP contribution in [0.4, 0.5) is 0 Å². The first-order valence-corrected chi connectivity index (χ1v) is 11.4. The molecule has 0 N–H and O–H groups in total. The summed E-state index contributed by atoms with van der Waals surface area (Å²) in [6.07, 6.45) is 1.06. The third-order valence-corrected chi connectivity index (χ3v) is 5.89. The van der Waals surface area contributed by atoms with E-state index < -0.39 is 0 Å². The van der Waals surface area contributed by atoms with Crippen molar-refractivity contribution in [2.75, 3.05) is 27.2 Å². The standard InChI is InChI=1S/C24H29BrN4O2/c1-5-21(28(22(30)6-2)16-15-27(3)4)23-26-20-10-8-7-9-19(20)24(31)29(23)18-13-11-17(25)12-14-18/h7-14,21H,5-6,15-16H2,1-4H3. The van der Waals surface area contributed by atoms with Crippen molar-refractivity contribution in [3.63, 3.8) is 0 Å². The van der Waals surface area contributed by atoms with Crippen molar-refractivity contribution < 1.29 is 4.79 Å². The van der Waals surface area contributed by atoms with Gasteiger partial charge in [-0.25, -0.2) is 4.98 Å². The average Bonchev–Trinajstić information content (AvgIpc) is 2.77. The average molecular weight is 485 g/mol. The minimum absolute atomic E-state index is 0.0541. The lowest BCUT2D eigenvalue weighted by atomic mass is 10.1. The van der Waals surface area contributed by atoms with Crippen LogP contribution in [0.25, 0.3) is 16.6 Å². The van der Waals surface area contributed by atoms with Crippen LogP contribution in [0.1, 0.15) is 38.6 Å². The molecule has 0 fully saturated rings. The number of fused-ring (bicyclic) bond motifs is 1. The SMILES string of the molecule is CCC(=O)N(CCN(C)C)C(CC)c1nc2ccccc2c(=O)n1-c1ccc(Br)cc1. The number of nitrogens with zero attached hydrogens (tertiary/aromatic N) is 4. The molecule has 1 unspecified atom stereocenters. The Morgan fingerprint density at radius 3 is 2.35 bits per heavy atom. The zero-order valence-electron chi connectivity index (χ0n) is 18.5. The van der Waals surface area contributed by atoms with E-state index in [9.17, 15) is 9.59 Å². The fourth-order valence-electron chi connectivity index (χ4n) is 3.72. The fraction of sp³-hybridized carbons (Fsp3) is 0.375. The fourth-order valence-corrected chi connectivity index (χ4v) is 3.98. The molecule has 3 aromatic rings. The van der Waals surface area contributed by atoms with E-state index in [4.69, 9.17) is 4.98 Å². The number of para-hydroxylation sites is 1. The van der Waals surface area contributed by atoms with Gasteiger partial charge in [-0.2, -0.15) is 0 Å². The van der Waals surface area contributed by atoms with Gasteiger partial charge in [0, 0.05) is 24.0 Å². The summed E-state index contributed by atoms with van der Waals surface area (Å²) in [5.74, 6) is 0.646. The molecule has 1 aromatic heterocycles. The van der Waals surface area contributed by atoms with E-state index in [1.165, 1.54) is 0 Å². The summed E-state index contributed by atoms with van der Waals surface area (Å²) < 4.78 is 2.59. The number of halogens is 1. The highest BCUT2D eigenvalue weighted by Gasteiger charge is 2.28. The van der Waals surface area contributed by atoms with Gasteiger partial charge in [0.05, 0.1) is 22.6 Å².